The minimum atomic E-state index is -1.13. The van der Waals surface area contributed by atoms with Crippen LogP contribution < -0.4 is 14.8 Å². The zero-order chi connectivity index (χ0) is 22.4. The van der Waals surface area contributed by atoms with Gasteiger partial charge in [-0.05, 0) is 36.9 Å². The molecule has 160 valence electrons. The van der Waals surface area contributed by atoms with Gasteiger partial charge in [0.05, 0.1) is 18.2 Å². The molecule has 7 heteroatoms. The van der Waals surface area contributed by atoms with E-state index >= 15 is 0 Å². The molecule has 31 heavy (non-hydrogen) atoms. The van der Waals surface area contributed by atoms with Crippen LogP contribution in [0, 0.1) is 0 Å². The predicted octanol–water partition coefficient (Wildman–Crippen LogP) is 3.93. The van der Waals surface area contributed by atoms with Crippen LogP contribution in [0.5, 0.6) is 11.5 Å². The van der Waals surface area contributed by atoms with Crippen molar-refractivity contribution in [3.05, 3.63) is 83.4 Å². The van der Waals surface area contributed by atoms with Crippen LogP contribution in [-0.2, 0) is 6.42 Å². The van der Waals surface area contributed by atoms with Crippen LogP contribution in [0.2, 0.25) is 0 Å². The number of carboxylic acids is 2. The van der Waals surface area contributed by atoms with Gasteiger partial charge in [-0.25, -0.2) is 9.59 Å². The third-order valence-electron chi connectivity index (χ3n) is 4.84. The van der Waals surface area contributed by atoms with Gasteiger partial charge in [-0.15, -0.1) is 0 Å². The molecule has 4 rings (SSSR count). The fourth-order valence-corrected chi connectivity index (χ4v) is 3.29. The molecule has 3 N–H and O–H groups in total. The molecule has 1 aliphatic heterocycles. The molecule has 0 spiro atoms. The Morgan fingerprint density at radius 2 is 1.55 bits per heavy atom. The highest BCUT2D eigenvalue weighted by Gasteiger charge is 2.25. The number of nitrogens with one attached hydrogen (secondary N) is 1. The van der Waals surface area contributed by atoms with E-state index in [0.717, 1.165) is 35.1 Å². The zero-order valence-electron chi connectivity index (χ0n) is 17.2. The highest BCUT2D eigenvalue weighted by molar-refractivity contribution is 5.93. The van der Waals surface area contributed by atoms with Gasteiger partial charge in [0.15, 0.2) is 6.23 Å². The molecule has 0 fully saturated rings. The maximum absolute atomic E-state index is 10.4. The van der Waals surface area contributed by atoms with Gasteiger partial charge in [-0.2, -0.15) is 0 Å². The quantitative estimate of drug-likeness (QED) is 0.573. The van der Waals surface area contributed by atoms with E-state index in [4.69, 9.17) is 19.7 Å². The summed E-state index contributed by atoms with van der Waals surface area (Å²) in [6, 6.07) is 19.5. The number of carbonyl (C=O) groups is 2. The second-order valence-electron chi connectivity index (χ2n) is 6.78. The number of carboxylic acid groups (broad SMARTS) is 2. The highest BCUT2D eigenvalue weighted by atomic mass is 16.5. The van der Waals surface area contributed by atoms with E-state index in [1.54, 1.807) is 7.11 Å². The van der Waals surface area contributed by atoms with Gasteiger partial charge in [0.1, 0.15) is 11.5 Å². The van der Waals surface area contributed by atoms with Crippen molar-refractivity contribution in [2.24, 2.45) is 0 Å². The van der Waals surface area contributed by atoms with Crippen molar-refractivity contribution in [2.75, 3.05) is 14.2 Å². The Bertz CT molecular complexity index is 1070. The van der Waals surface area contributed by atoms with Crippen LogP contribution in [0.15, 0.2) is 66.7 Å². The summed E-state index contributed by atoms with van der Waals surface area (Å²) in [5, 5.41) is 20.2. The Labute approximate surface area is 179 Å². The Balaban J connectivity index is 0.000000196. The molecular formula is C24H23NO6. The first kappa shape index (κ1) is 21.9. The summed E-state index contributed by atoms with van der Waals surface area (Å²) in [6.45, 7) is 0. The van der Waals surface area contributed by atoms with Gasteiger partial charge in [0.2, 0.25) is 0 Å². The highest BCUT2D eigenvalue weighted by Crippen LogP contribution is 2.41. The molecule has 1 atom stereocenters. The Kier molecular flexibility index (Phi) is 6.89. The van der Waals surface area contributed by atoms with Crippen molar-refractivity contribution in [2.45, 2.75) is 12.6 Å². The largest absolute Gasteiger partial charge is 0.496 e. The van der Waals surface area contributed by atoms with E-state index in [0.29, 0.717) is 0 Å². The van der Waals surface area contributed by atoms with E-state index in [-0.39, 0.29) is 17.4 Å². The minimum absolute atomic E-state index is 0.0186. The molecule has 1 unspecified atom stereocenters. The number of hydrogen-bond donors (Lipinski definition) is 3. The number of para-hydroxylation sites is 2. The van der Waals surface area contributed by atoms with Crippen molar-refractivity contribution in [3.8, 4) is 22.6 Å². The average molecular weight is 421 g/mol. The van der Waals surface area contributed by atoms with E-state index in [1.807, 2.05) is 25.2 Å². The molecule has 0 amide bonds. The summed E-state index contributed by atoms with van der Waals surface area (Å²) < 4.78 is 11.4. The van der Waals surface area contributed by atoms with Crippen molar-refractivity contribution in [3.63, 3.8) is 0 Å². The molecule has 0 saturated carbocycles. The molecule has 0 saturated heterocycles. The van der Waals surface area contributed by atoms with Crippen LogP contribution in [0.4, 0.5) is 0 Å². The number of ether oxygens (including phenoxy) is 2. The van der Waals surface area contributed by atoms with Crippen LogP contribution in [0.3, 0.4) is 0 Å². The normalized spacial score (nSPS) is 13.9. The summed E-state index contributed by atoms with van der Waals surface area (Å²) in [5.74, 6) is -0.421. The molecule has 7 nitrogen and oxygen atoms in total. The molecule has 0 radical (unpaired) electrons. The number of rotatable bonds is 5. The fraction of sp³-hybridized carbons (Fsp3) is 0.167. The van der Waals surface area contributed by atoms with Crippen molar-refractivity contribution in [1.29, 1.82) is 0 Å². The lowest BCUT2D eigenvalue weighted by atomic mass is 10.0. The third-order valence-corrected chi connectivity index (χ3v) is 4.84. The van der Waals surface area contributed by atoms with Gasteiger partial charge in [0, 0.05) is 17.5 Å². The first-order valence-electron chi connectivity index (χ1n) is 9.60. The first-order valence-corrected chi connectivity index (χ1v) is 9.60. The molecule has 3 aromatic carbocycles. The minimum Gasteiger partial charge on any atom is -0.496 e. The third kappa shape index (κ3) is 5.02. The maximum atomic E-state index is 10.4. The standard InChI is InChI=1S/C16H17NO2.C8H6O4/c1-17-15-10-11-6-5-8-13(16(11)19-15)12-7-3-4-9-14(12)18-2;9-7(10)5-2-1-3-6(4-5)8(11)12/h3-9,15,17H,10H2,1-2H3;1-4H,(H,9,10)(H,11,12). The average Bonchev–Trinajstić information content (AvgIpc) is 3.23. The molecular weight excluding hydrogens is 398 g/mol. The smallest absolute Gasteiger partial charge is 0.335 e. The topological polar surface area (TPSA) is 105 Å². The van der Waals surface area contributed by atoms with Gasteiger partial charge in [0.25, 0.3) is 0 Å². The number of likely N-dealkylation sites (N-methyl/N-ethyl adjacent to an activating group) is 1. The molecule has 0 bridgehead atoms. The lowest BCUT2D eigenvalue weighted by Gasteiger charge is -2.13. The van der Waals surface area contributed by atoms with E-state index in [1.165, 1.54) is 23.8 Å². The number of fused-ring (bicyclic) bond motifs is 1. The van der Waals surface area contributed by atoms with Crippen LogP contribution in [-0.4, -0.2) is 42.5 Å². The van der Waals surface area contributed by atoms with Gasteiger partial charge >= 0.3 is 11.9 Å². The van der Waals surface area contributed by atoms with Crippen LogP contribution in [0.25, 0.3) is 11.1 Å². The summed E-state index contributed by atoms with van der Waals surface area (Å²) in [6.07, 6.45) is 0.959. The number of aromatic carboxylic acids is 2. The lowest BCUT2D eigenvalue weighted by molar-refractivity contribution is 0.0696. The molecule has 1 heterocycles. The fourth-order valence-electron chi connectivity index (χ4n) is 3.29. The van der Waals surface area contributed by atoms with E-state index in [9.17, 15) is 9.59 Å². The first-order chi connectivity index (χ1) is 14.9. The molecule has 0 aromatic heterocycles. The molecule has 1 aliphatic rings. The predicted molar refractivity (Wildman–Crippen MR) is 116 cm³/mol. The molecule has 3 aromatic rings. The maximum Gasteiger partial charge on any atom is 0.335 e. The van der Waals surface area contributed by atoms with Gasteiger partial charge in [-0.3, -0.25) is 5.32 Å². The summed E-state index contributed by atoms with van der Waals surface area (Å²) in [5.41, 5.74) is 3.36. The van der Waals surface area contributed by atoms with Gasteiger partial charge < -0.3 is 19.7 Å². The Morgan fingerprint density at radius 1 is 0.935 bits per heavy atom. The second kappa shape index (κ2) is 9.77. The summed E-state index contributed by atoms with van der Waals surface area (Å²) >= 11 is 0. The van der Waals surface area contributed by atoms with Gasteiger partial charge in [-0.1, -0.05) is 42.5 Å². The zero-order valence-corrected chi connectivity index (χ0v) is 17.2. The lowest BCUT2D eigenvalue weighted by Crippen LogP contribution is -2.29. The van der Waals surface area contributed by atoms with Crippen LogP contribution in [0.1, 0.15) is 26.3 Å². The van der Waals surface area contributed by atoms with E-state index < -0.39 is 11.9 Å². The second-order valence-corrected chi connectivity index (χ2v) is 6.78. The van der Waals surface area contributed by atoms with Crippen LogP contribution >= 0.6 is 0 Å². The van der Waals surface area contributed by atoms with Crippen molar-refractivity contribution >= 4 is 11.9 Å². The summed E-state index contributed by atoms with van der Waals surface area (Å²) in [4.78, 5) is 20.8. The SMILES string of the molecule is CNC1Cc2cccc(-c3ccccc3OC)c2O1.O=C(O)c1cccc(C(=O)O)c1. The number of methoxy groups -OCH3 is 1. The Hall–Kier alpha value is -3.84. The number of benzene rings is 3. The van der Waals surface area contributed by atoms with Crippen molar-refractivity contribution in [1.82, 2.24) is 5.32 Å². The van der Waals surface area contributed by atoms with Crippen molar-refractivity contribution < 1.29 is 29.3 Å². The number of hydrogen-bond acceptors (Lipinski definition) is 5. The molecule has 0 aliphatic carbocycles. The summed E-state index contributed by atoms with van der Waals surface area (Å²) in [7, 11) is 3.61. The monoisotopic (exact) mass is 421 g/mol. The van der Waals surface area contributed by atoms with E-state index in [2.05, 4.69) is 29.6 Å². The Morgan fingerprint density at radius 3 is 2.16 bits per heavy atom.